The molecule has 0 saturated carbocycles. The first-order valence-electron chi connectivity index (χ1n) is 5.21. The number of thiocarbonyl (C=S) groups is 1. The van der Waals surface area contributed by atoms with Crippen LogP contribution in [-0.4, -0.2) is 10.7 Å². The van der Waals surface area contributed by atoms with E-state index in [1.165, 1.54) is 24.2 Å². The van der Waals surface area contributed by atoms with Crippen LogP contribution in [0.2, 0.25) is 0 Å². The van der Waals surface area contributed by atoms with Gasteiger partial charge in [0.1, 0.15) is 4.99 Å². The van der Waals surface area contributed by atoms with Crippen LogP contribution in [0.1, 0.15) is 30.9 Å². The SMILES string of the molecule is CCCCSCc1ccccc1C(N)=S. The topological polar surface area (TPSA) is 26.0 Å². The zero-order valence-corrected chi connectivity index (χ0v) is 10.7. The second-order valence-electron chi connectivity index (χ2n) is 3.43. The predicted octanol–water partition coefficient (Wildman–Crippen LogP) is 3.35. The molecule has 0 saturated heterocycles. The summed E-state index contributed by atoms with van der Waals surface area (Å²) in [7, 11) is 0. The van der Waals surface area contributed by atoms with Gasteiger partial charge in [0.15, 0.2) is 0 Å². The van der Waals surface area contributed by atoms with E-state index in [1.54, 1.807) is 0 Å². The molecule has 0 aliphatic carbocycles. The summed E-state index contributed by atoms with van der Waals surface area (Å²) in [6, 6.07) is 8.12. The van der Waals surface area contributed by atoms with Gasteiger partial charge < -0.3 is 5.73 Å². The lowest BCUT2D eigenvalue weighted by atomic mass is 10.1. The average Bonchev–Trinajstić information content (AvgIpc) is 2.25. The van der Waals surface area contributed by atoms with E-state index in [0.29, 0.717) is 4.99 Å². The van der Waals surface area contributed by atoms with E-state index in [-0.39, 0.29) is 0 Å². The van der Waals surface area contributed by atoms with Crippen molar-refractivity contribution >= 4 is 29.0 Å². The maximum atomic E-state index is 5.67. The van der Waals surface area contributed by atoms with Crippen molar-refractivity contribution in [1.82, 2.24) is 0 Å². The van der Waals surface area contributed by atoms with Gasteiger partial charge in [0.05, 0.1) is 0 Å². The first-order valence-corrected chi connectivity index (χ1v) is 6.77. The quantitative estimate of drug-likeness (QED) is 0.609. The Kier molecular flexibility index (Phi) is 5.73. The summed E-state index contributed by atoms with van der Waals surface area (Å²) >= 11 is 6.97. The Balaban J connectivity index is 2.56. The molecule has 0 atom stereocenters. The van der Waals surface area contributed by atoms with Gasteiger partial charge in [0.2, 0.25) is 0 Å². The smallest absolute Gasteiger partial charge is 0.104 e. The highest BCUT2D eigenvalue weighted by molar-refractivity contribution is 7.98. The molecule has 1 aromatic rings. The Morgan fingerprint density at radius 3 is 2.80 bits per heavy atom. The first kappa shape index (κ1) is 12.5. The van der Waals surface area contributed by atoms with Crippen molar-refractivity contribution in [2.45, 2.75) is 25.5 Å². The third kappa shape index (κ3) is 4.22. The van der Waals surface area contributed by atoms with E-state index in [4.69, 9.17) is 18.0 Å². The minimum Gasteiger partial charge on any atom is -0.389 e. The highest BCUT2D eigenvalue weighted by Crippen LogP contribution is 2.17. The van der Waals surface area contributed by atoms with E-state index in [2.05, 4.69) is 13.0 Å². The molecule has 0 spiro atoms. The molecule has 0 unspecified atom stereocenters. The van der Waals surface area contributed by atoms with Crippen LogP contribution < -0.4 is 5.73 Å². The van der Waals surface area contributed by atoms with Gasteiger partial charge >= 0.3 is 0 Å². The molecule has 1 aromatic carbocycles. The number of nitrogens with two attached hydrogens (primary N) is 1. The third-order valence-electron chi connectivity index (χ3n) is 2.18. The van der Waals surface area contributed by atoms with Crippen LogP contribution in [0.15, 0.2) is 24.3 Å². The van der Waals surface area contributed by atoms with Crippen molar-refractivity contribution in [1.29, 1.82) is 0 Å². The van der Waals surface area contributed by atoms with E-state index < -0.39 is 0 Å². The number of unbranched alkanes of at least 4 members (excludes halogenated alkanes) is 1. The lowest BCUT2D eigenvalue weighted by Gasteiger charge is -2.07. The molecule has 0 amide bonds. The number of benzene rings is 1. The fraction of sp³-hybridized carbons (Fsp3) is 0.417. The molecule has 0 heterocycles. The molecule has 0 aliphatic heterocycles. The standard InChI is InChI=1S/C12H17NS2/c1-2-3-8-15-9-10-6-4-5-7-11(10)12(13)14/h4-7H,2-3,8-9H2,1H3,(H2,13,14). The monoisotopic (exact) mass is 239 g/mol. The zero-order chi connectivity index (χ0) is 11.1. The largest absolute Gasteiger partial charge is 0.389 e. The van der Waals surface area contributed by atoms with Gasteiger partial charge in [-0.05, 0) is 17.7 Å². The average molecular weight is 239 g/mol. The fourth-order valence-electron chi connectivity index (χ4n) is 1.32. The van der Waals surface area contributed by atoms with E-state index in [9.17, 15) is 0 Å². The van der Waals surface area contributed by atoms with Gasteiger partial charge in [-0.15, -0.1) is 0 Å². The van der Waals surface area contributed by atoms with Gasteiger partial charge in [-0.3, -0.25) is 0 Å². The highest BCUT2D eigenvalue weighted by Gasteiger charge is 2.03. The molecule has 2 N–H and O–H groups in total. The molecule has 1 nitrogen and oxygen atoms in total. The summed E-state index contributed by atoms with van der Waals surface area (Å²) in [5.41, 5.74) is 7.95. The van der Waals surface area contributed by atoms with E-state index in [1.807, 2.05) is 30.0 Å². The number of rotatable bonds is 6. The minimum atomic E-state index is 0.502. The zero-order valence-electron chi connectivity index (χ0n) is 9.03. The number of thioether (sulfide) groups is 1. The summed E-state index contributed by atoms with van der Waals surface area (Å²) in [6.45, 7) is 2.21. The van der Waals surface area contributed by atoms with Crippen molar-refractivity contribution in [2.24, 2.45) is 5.73 Å². The molecule has 0 aliphatic rings. The summed E-state index contributed by atoms with van der Waals surface area (Å²) in [6.07, 6.45) is 2.53. The Labute approximate surface area is 101 Å². The molecule has 3 heteroatoms. The Morgan fingerprint density at radius 1 is 1.40 bits per heavy atom. The second kappa shape index (κ2) is 6.85. The molecular weight excluding hydrogens is 222 g/mol. The maximum Gasteiger partial charge on any atom is 0.104 e. The molecule has 0 bridgehead atoms. The van der Waals surface area contributed by atoms with Crippen molar-refractivity contribution in [2.75, 3.05) is 5.75 Å². The van der Waals surface area contributed by atoms with Crippen molar-refractivity contribution in [3.63, 3.8) is 0 Å². The first-order chi connectivity index (χ1) is 7.25. The molecule has 0 aromatic heterocycles. The lowest BCUT2D eigenvalue weighted by Crippen LogP contribution is -2.11. The molecule has 1 rings (SSSR count). The van der Waals surface area contributed by atoms with Crippen LogP contribution in [-0.2, 0) is 5.75 Å². The van der Waals surface area contributed by atoms with Crippen LogP contribution in [0.4, 0.5) is 0 Å². The molecule has 0 fully saturated rings. The molecule has 0 radical (unpaired) electrons. The van der Waals surface area contributed by atoms with E-state index >= 15 is 0 Å². The van der Waals surface area contributed by atoms with Crippen molar-refractivity contribution in [3.8, 4) is 0 Å². The molecule has 15 heavy (non-hydrogen) atoms. The predicted molar refractivity (Wildman–Crippen MR) is 73.4 cm³/mol. The fourth-order valence-corrected chi connectivity index (χ4v) is 2.62. The highest BCUT2D eigenvalue weighted by atomic mass is 32.2. The number of hydrogen-bond acceptors (Lipinski definition) is 2. The van der Waals surface area contributed by atoms with Crippen LogP contribution >= 0.6 is 24.0 Å². The van der Waals surface area contributed by atoms with Gasteiger partial charge in [0, 0.05) is 11.3 Å². The van der Waals surface area contributed by atoms with Crippen molar-refractivity contribution in [3.05, 3.63) is 35.4 Å². The summed E-state index contributed by atoms with van der Waals surface area (Å²) in [4.78, 5) is 0.502. The van der Waals surface area contributed by atoms with Crippen LogP contribution in [0.25, 0.3) is 0 Å². The molecule has 82 valence electrons. The van der Waals surface area contributed by atoms with Crippen LogP contribution in [0, 0.1) is 0 Å². The van der Waals surface area contributed by atoms with E-state index in [0.717, 1.165) is 11.3 Å². The number of hydrogen-bond donors (Lipinski definition) is 1. The van der Waals surface area contributed by atoms with Crippen molar-refractivity contribution < 1.29 is 0 Å². The lowest BCUT2D eigenvalue weighted by molar-refractivity contribution is 0.896. The minimum absolute atomic E-state index is 0.502. The maximum absolute atomic E-state index is 5.67. The summed E-state index contributed by atoms with van der Waals surface area (Å²) < 4.78 is 0. The third-order valence-corrected chi connectivity index (χ3v) is 3.50. The van der Waals surface area contributed by atoms with Crippen LogP contribution in [0.3, 0.4) is 0 Å². The van der Waals surface area contributed by atoms with Gasteiger partial charge in [-0.25, -0.2) is 0 Å². The Morgan fingerprint density at radius 2 is 2.13 bits per heavy atom. The normalized spacial score (nSPS) is 10.2. The van der Waals surface area contributed by atoms with Gasteiger partial charge in [-0.2, -0.15) is 11.8 Å². The van der Waals surface area contributed by atoms with Crippen LogP contribution in [0.5, 0.6) is 0 Å². The summed E-state index contributed by atoms with van der Waals surface area (Å²) in [5.74, 6) is 2.22. The summed E-state index contributed by atoms with van der Waals surface area (Å²) in [5, 5.41) is 0. The second-order valence-corrected chi connectivity index (χ2v) is 4.97. The Hall–Kier alpha value is -0.540. The van der Waals surface area contributed by atoms with Gasteiger partial charge in [0.25, 0.3) is 0 Å². The Bertz CT molecular complexity index is 323. The molecular formula is C12H17NS2. The van der Waals surface area contributed by atoms with Gasteiger partial charge in [-0.1, -0.05) is 49.8 Å².